The van der Waals surface area contributed by atoms with Crippen molar-refractivity contribution in [2.75, 3.05) is 36.0 Å². The molecule has 1 fully saturated rings. The summed E-state index contributed by atoms with van der Waals surface area (Å²) in [6.07, 6.45) is 0. The maximum Gasteiger partial charge on any atom is 0.332 e. The fourth-order valence-electron chi connectivity index (χ4n) is 4.50. The Morgan fingerprint density at radius 1 is 0.886 bits per heavy atom. The molecule has 0 bridgehead atoms. The number of imidazole rings is 1. The topological polar surface area (TPSA) is 85.4 Å². The molecule has 0 spiro atoms. The van der Waals surface area contributed by atoms with Gasteiger partial charge in [0.15, 0.2) is 16.9 Å². The lowest BCUT2D eigenvalue weighted by atomic mass is 10.1. The Hall–Kier alpha value is -3.66. The lowest BCUT2D eigenvalue weighted by molar-refractivity contribution is 0.0973. The van der Waals surface area contributed by atoms with Crippen molar-refractivity contribution in [1.82, 2.24) is 18.7 Å². The third-order valence-electron chi connectivity index (χ3n) is 6.48. The first kappa shape index (κ1) is 23.1. The summed E-state index contributed by atoms with van der Waals surface area (Å²) in [6, 6.07) is 17.3. The number of piperazine rings is 1. The van der Waals surface area contributed by atoms with Gasteiger partial charge in [0.25, 0.3) is 5.56 Å². The van der Waals surface area contributed by atoms with E-state index in [0.29, 0.717) is 24.6 Å². The van der Waals surface area contributed by atoms with E-state index in [9.17, 15) is 14.4 Å². The molecule has 1 aliphatic rings. The fourth-order valence-corrected chi connectivity index (χ4v) is 4.76. The zero-order valence-corrected chi connectivity index (χ0v) is 21.1. The molecular formula is C25H25BrN6O3. The predicted molar refractivity (Wildman–Crippen MR) is 140 cm³/mol. The number of hydrogen-bond acceptors (Lipinski definition) is 6. The minimum Gasteiger partial charge on any atom is -0.368 e. The van der Waals surface area contributed by atoms with E-state index in [1.54, 1.807) is 23.7 Å². The van der Waals surface area contributed by atoms with E-state index in [1.807, 2.05) is 30.3 Å². The molecule has 2 aromatic heterocycles. The third-order valence-corrected chi connectivity index (χ3v) is 7.01. The lowest BCUT2D eigenvalue weighted by Crippen LogP contribution is -2.47. The standard InChI is InChI=1S/C25H25BrN6O3/c1-28-22-21(23(34)29(2)25(28)35)32(16-20(33)17-8-10-18(26)11-9-17)24(27-22)31-14-12-30(13-15-31)19-6-4-3-5-7-19/h3-11H,12-16H2,1-2H3. The van der Waals surface area contributed by atoms with Crippen molar-refractivity contribution in [3.8, 4) is 0 Å². The number of carbonyl (C=O) groups is 1. The number of halogens is 1. The largest absolute Gasteiger partial charge is 0.368 e. The minimum atomic E-state index is -0.464. The Morgan fingerprint density at radius 3 is 2.17 bits per heavy atom. The van der Waals surface area contributed by atoms with Gasteiger partial charge in [-0.15, -0.1) is 0 Å². The molecule has 5 rings (SSSR count). The molecule has 4 aromatic rings. The van der Waals surface area contributed by atoms with Gasteiger partial charge in [-0.3, -0.25) is 23.3 Å². The highest BCUT2D eigenvalue weighted by atomic mass is 79.9. The number of Topliss-reactive ketones (excluding diaryl/α,β-unsaturated/α-hetero) is 1. The quantitative estimate of drug-likeness (QED) is 0.364. The first-order valence-electron chi connectivity index (χ1n) is 11.3. The van der Waals surface area contributed by atoms with Crippen LogP contribution in [0.25, 0.3) is 11.2 Å². The Labute approximate surface area is 210 Å². The summed E-state index contributed by atoms with van der Waals surface area (Å²) >= 11 is 3.39. The maximum atomic E-state index is 13.2. The van der Waals surface area contributed by atoms with Crippen LogP contribution in [-0.4, -0.2) is 50.6 Å². The van der Waals surface area contributed by atoms with E-state index in [0.717, 1.165) is 27.8 Å². The van der Waals surface area contributed by atoms with Crippen molar-refractivity contribution in [1.29, 1.82) is 0 Å². The minimum absolute atomic E-state index is 0.0557. The zero-order chi connectivity index (χ0) is 24.7. The molecule has 0 N–H and O–H groups in total. The number of nitrogens with zero attached hydrogens (tertiary/aromatic N) is 6. The van der Waals surface area contributed by atoms with E-state index >= 15 is 0 Å². The van der Waals surface area contributed by atoms with E-state index in [-0.39, 0.29) is 23.5 Å². The molecule has 0 radical (unpaired) electrons. The maximum absolute atomic E-state index is 13.2. The Balaban J connectivity index is 1.55. The number of anilines is 2. The van der Waals surface area contributed by atoms with E-state index in [4.69, 9.17) is 4.98 Å². The molecule has 9 nitrogen and oxygen atoms in total. The average Bonchev–Trinajstić information content (AvgIpc) is 3.26. The van der Waals surface area contributed by atoms with Crippen LogP contribution in [0.2, 0.25) is 0 Å². The first-order chi connectivity index (χ1) is 16.8. The zero-order valence-electron chi connectivity index (χ0n) is 19.5. The predicted octanol–water partition coefficient (Wildman–Crippen LogP) is 2.41. The van der Waals surface area contributed by atoms with Gasteiger partial charge in [-0.05, 0) is 24.3 Å². The van der Waals surface area contributed by atoms with Crippen LogP contribution >= 0.6 is 15.9 Å². The number of aryl methyl sites for hydroxylation is 1. The molecule has 0 unspecified atom stereocenters. The number of ketones is 1. The molecule has 0 atom stereocenters. The van der Waals surface area contributed by atoms with E-state index < -0.39 is 11.2 Å². The molecule has 2 aromatic carbocycles. The first-order valence-corrected chi connectivity index (χ1v) is 12.1. The second-order valence-corrected chi connectivity index (χ2v) is 9.53. The van der Waals surface area contributed by atoms with Crippen molar-refractivity contribution in [3.63, 3.8) is 0 Å². The van der Waals surface area contributed by atoms with Crippen LogP contribution in [0.3, 0.4) is 0 Å². The van der Waals surface area contributed by atoms with Crippen molar-refractivity contribution < 1.29 is 4.79 Å². The number of rotatable bonds is 5. The SMILES string of the molecule is Cn1c(=O)c2c(nc(N3CCN(c4ccccc4)CC3)n2CC(=O)c2ccc(Br)cc2)n(C)c1=O. The summed E-state index contributed by atoms with van der Waals surface area (Å²) in [5, 5.41) is 0. The molecule has 1 aliphatic heterocycles. The van der Waals surface area contributed by atoms with Gasteiger partial charge in [0, 0.05) is 56.0 Å². The normalized spacial score (nSPS) is 14.0. The summed E-state index contributed by atoms with van der Waals surface area (Å²) in [4.78, 5) is 48.0. The second-order valence-electron chi connectivity index (χ2n) is 8.62. The van der Waals surface area contributed by atoms with Gasteiger partial charge in [-0.25, -0.2) is 4.79 Å². The number of aromatic nitrogens is 4. The van der Waals surface area contributed by atoms with Gasteiger partial charge < -0.3 is 9.80 Å². The number of para-hydroxylation sites is 1. The molecule has 0 amide bonds. The van der Waals surface area contributed by atoms with Gasteiger partial charge in [0.2, 0.25) is 5.95 Å². The van der Waals surface area contributed by atoms with Gasteiger partial charge in [0.05, 0.1) is 6.54 Å². The van der Waals surface area contributed by atoms with Crippen LogP contribution in [-0.2, 0) is 20.6 Å². The molecular weight excluding hydrogens is 512 g/mol. The van der Waals surface area contributed by atoms with Gasteiger partial charge in [-0.2, -0.15) is 4.98 Å². The van der Waals surface area contributed by atoms with Crippen molar-refractivity contribution in [3.05, 3.63) is 85.5 Å². The van der Waals surface area contributed by atoms with Crippen LogP contribution in [0.1, 0.15) is 10.4 Å². The average molecular weight is 537 g/mol. The Bertz CT molecular complexity index is 1510. The summed E-state index contributed by atoms with van der Waals surface area (Å²) in [7, 11) is 3.03. The molecule has 1 saturated heterocycles. The van der Waals surface area contributed by atoms with Crippen LogP contribution < -0.4 is 21.0 Å². The molecule has 180 valence electrons. The van der Waals surface area contributed by atoms with Gasteiger partial charge >= 0.3 is 5.69 Å². The van der Waals surface area contributed by atoms with Crippen molar-refractivity contribution >= 4 is 44.5 Å². The number of carbonyl (C=O) groups excluding carboxylic acids is 1. The molecule has 35 heavy (non-hydrogen) atoms. The van der Waals surface area contributed by atoms with Crippen LogP contribution in [0.5, 0.6) is 0 Å². The number of hydrogen-bond donors (Lipinski definition) is 0. The highest BCUT2D eigenvalue weighted by Gasteiger charge is 2.27. The summed E-state index contributed by atoms with van der Waals surface area (Å²) < 4.78 is 4.96. The third kappa shape index (κ3) is 4.18. The summed E-state index contributed by atoms with van der Waals surface area (Å²) in [5.41, 5.74) is 1.31. The molecule has 10 heteroatoms. The highest BCUT2D eigenvalue weighted by molar-refractivity contribution is 9.10. The second kappa shape index (κ2) is 9.18. The Kier molecular flexibility index (Phi) is 6.06. The monoisotopic (exact) mass is 536 g/mol. The Morgan fingerprint density at radius 2 is 1.51 bits per heavy atom. The van der Waals surface area contributed by atoms with Crippen molar-refractivity contribution in [2.24, 2.45) is 14.1 Å². The molecule has 0 aliphatic carbocycles. The van der Waals surface area contributed by atoms with Gasteiger partial charge in [0.1, 0.15) is 0 Å². The highest BCUT2D eigenvalue weighted by Crippen LogP contribution is 2.24. The summed E-state index contributed by atoms with van der Waals surface area (Å²) in [6.45, 7) is 2.81. The smallest absolute Gasteiger partial charge is 0.332 e. The van der Waals surface area contributed by atoms with Crippen LogP contribution in [0.15, 0.2) is 68.7 Å². The molecule has 0 saturated carbocycles. The summed E-state index contributed by atoms with van der Waals surface area (Å²) in [5.74, 6) is 0.383. The fraction of sp³-hybridized carbons (Fsp3) is 0.280. The van der Waals surface area contributed by atoms with Crippen LogP contribution in [0, 0.1) is 0 Å². The lowest BCUT2D eigenvalue weighted by Gasteiger charge is -2.36. The van der Waals surface area contributed by atoms with Crippen LogP contribution in [0.4, 0.5) is 11.6 Å². The number of fused-ring (bicyclic) bond motifs is 1. The molecule has 3 heterocycles. The number of benzene rings is 2. The van der Waals surface area contributed by atoms with E-state index in [1.165, 1.54) is 11.6 Å². The van der Waals surface area contributed by atoms with E-state index in [2.05, 4.69) is 37.9 Å². The van der Waals surface area contributed by atoms with Gasteiger partial charge in [-0.1, -0.05) is 46.3 Å². The van der Waals surface area contributed by atoms with Crippen molar-refractivity contribution in [2.45, 2.75) is 6.54 Å².